The predicted molar refractivity (Wildman–Crippen MR) is 92.6 cm³/mol. The van der Waals surface area contributed by atoms with Gasteiger partial charge in [-0.2, -0.15) is 0 Å². The Hall–Kier alpha value is -3.02. The number of carbonyl (C=O) groups is 1. The standard InChI is InChI=1S/C18H21N3O3/c1-14(15-7-4-3-5-8-15)20-21(13-19-12-18(22)23)16-9-6-10-17(11-16)24-2/h3-11,13-14,20H,12H2,1-2H3,(H,22,23)/p+1/t14-/m0/s1. The van der Waals surface area contributed by atoms with Crippen molar-refractivity contribution in [3.8, 4) is 5.75 Å². The average Bonchev–Trinajstić information content (AvgIpc) is 2.61. The van der Waals surface area contributed by atoms with Gasteiger partial charge in [0.15, 0.2) is 12.2 Å². The van der Waals surface area contributed by atoms with Crippen LogP contribution in [0.5, 0.6) is 5.75 Å². The number of nitrogens with one attached hydrogen (secondary N) is 2. The number of ether oxygens (including phenoxy) is 1. The molecular formula is C18H22N3O3+. The first-order valence-electron chi connectivity index (χ1n) is 7.63. The quantitative estimate of drug-likeness (QED) is 0.300. The molecule has 0 amide bonds. The molecule has 0 spiro atoms. The molecule has 2 rings (SSSR count). The summed E-state index contributed by atoms with van der Waals surface area (Å²) in [5.41, 5.74) is 5.29. The SMILES string of the molecule is COc1cccc([N+](=CNCC(=O)O)N[C@@H](C)c2ccccc2)c1. The van der Waals surface area contributed by atoms with Crippen LogP contribution in [0.25, 0.3) is 0 Å². The summed E-state index contributed by atoms with van der Waals surface area (Å²) >= 11 is 0. The third kappa shape index (κ3) is 5.01. The van der Waals surface area contributed by atoms with Gasteiger partial charge in [0.1, 0.15) is 5.75 Å². The summed E-state index contributed by atoms with van der Waals surface area (Å²) in [7, 11) is 1.61. The van der Waals surface area contributed by atoms with Gasteiger partial charge in [-0.1, -0.05) is 36.4 Å². The van der Waals surface area contributed by atoms with Gasteiger partial charge in [0, 0.05) is 6.07 Å². The number of rotatable bonds is 8. The zero-order valence-electron chi connectivity index (χ0n) is 13.8. The second-order valence-corrected chi connectivity index (χ2v) is 5.24. The fourth-order valence-corrected chi connectivity index (χ4v) is 2.20. The molecule has 0 radical (unpaired) electrons. The van der Waals surface area contributed by atoms with Gasteiger partial charge >= 0.3 is 5.97 Å². The molecule has 126 valence electrons. The minimum absolute atomic E-state index is 0.0280. The van der Waals surface area contributed by atoms with Crippen molar-refractivity contribution in [2.45, 2.75) is 13.0 Å². The van der Waals surface area contributed by atoms with Crippen molar-refractivity contribution >= 4 is 18.0 Å². The monoisotopic (exact) mass is 328 g/mol. The lowest BCUT2D eigenvalue weighted by atomic mass is 10.1. The molecule has 24 heavy (non-hydrogen) atoms. The van der Waals surface area contributed by atoms with Crippen molar-refractivity contribution in [1.82, 2.24) is 10.7 Å². The topological polar surface area (TPSA) is 73.6 Å². The van der Waals surface area contributed by atoms with Gasteiger partial charge in [-0.3, -0.25) is 5.32 Å². The molecule has 6 heteroatoms. The molecule has 0 saturated heterocycles. The maximum Gasteiger partial charge on any atom is 0.345 e. The molecule has 0 fully saturated rings. The Kier molecular flexibility index (Phi) is 6.19. The van der Waals surface area contributed by atoms with Gasteiger partial charge in [-0.15, -0.1) is 4.68 Å². The summed E-state index contributed by atoms with van der Waals surface area (Å²) in [5, 5.41) is 11.6. The highest BCUT2D eigenvalue weighted by molar-refractivity contribution is 5.72. The zero-order valence-corrected chi connectivity index (χ0v) is 13.8. The van der Waals surface area contributed by atoms with Gasteiger partial charge < -0.3 is 9.84 Å². The number of hydrogen-bond acceptors (Lipinski definition) is 3. The van der Waals surface area contributed by atoms with E-state index in [-0.39, 0.29) is 12.6 Å². The summed E-state index contributed by atoms with van der Waals surface area (Å²) in [6.45, 7) is 1.87. The minimum atomic E-state index is -0.923. The van der Waals surface area contributed by atoms with E-state index in [1.54, 1.807) is 18.1 Å². The van der Waals surface area contributed by atoms with Gasteiger partial charge in [0.2, 0.25) is 0 Å². The van der Waals surface area contributed by atoms with Crippen LogP contribution < -0.4 is 15.5 Å². The van der Waals surface area contributed by atoms with E-state index in [9.17, 15) is 4.79 Å². The van der Waals surface area contributed by atoms with Crippen LogP contribution in [0.2, 0.25) is 0 Å². The van der Waals surface area contributed by atoms with E-state index >= 15 is 0 Å². The predicted octanol–water partition coefficient (Wildman–Crippen LogP) is 2.31. The Labute approximate surface area is 141 Å². The van der Waals surface area contributed by atoms with E-state index in [0.29, 0.717) is 0 Å². The van der Waals surface area contributed by atoms with Crippen LogP contribution in [-0.4, -0.2) is 35.8 Å². The number of benzene rings is 2. The summed E-state index contributed by atoms with van der Waals surface area (Å²) in [6, 6.07) is 17.5. The molecule has 0 aliphatic carbocycles. The second kappa shape index (κ2) is 8.57. The Morgan fingerprint density at radius 2 is 2.00 bits per heavy atom. The maximum absolute atomic E-state index is 10.7. The van der Waals surface area contributed by atoms with E-state index in [1.165, 1.54) is 0 Å². The van der Waals surface area contributed by atoms with Gasteiger partial charge in [-0.05, 0) is 24.6 Å². The lowest BCUT2D eigenvalue weighted by molar-refractivity contribution is -0.512. The van der Waals surface area contributed by atoms with Crippen LogP contribution in [0.15, 0.2) is 54.6 Å². The highest BCUT2D eigenvalue weighted by atomic mass is 16.5. The zero-order chi connectivity index (χ0) is 17.4. The molecular weight excluding hydrogens is 306 g/mol. The van der Waals surface area contributed by atoms with Crippen LogP contribution in [0.4, 0.5) is 5.69 Å². The fourth-order valence-electron chi connectivity index (χ4n) is 2.20. The Morgan fingerprint density at radius 1 is 1.25 bits per heavy atom. The van der Waals surface area contributed by atoms with Crippen molar-refractivity contribution < 1.29 is 19.3 Å². The van der Waals surface area contributed by atoms with E-state index in [2.05, 4.69) is 10.7 Å². The lowest BCUT2D eigenvalue weighted by Crippen LogP contribution is -2.34. The average molecular weight is 328 g/mol. The van der Waals surface area contributed by atoms with Crippen LogP contribution >= 0.6 is 0 Å². The maximum atomic E-state index is 10.7. The summed E-state index contributed by atoms with van der Waals surface area (Å²) in [4.78, 5) is 10.7. The van der Waals surface area contributed by atoms with E-state index in [4.69, 9.17) is 9.84 Å². The lowest BCUT2D eigenvalue weighted by Gasteiger charge is -2.16. The molecule has 1 atom stereocenters. The van der Waals surface area contributed by atoms with Crippen molar-refractivity contribution in [2.75, 3.05) is 13.7 Å². The van der Waals surface area contributed by atoms with Crippen molar-refractivity contribution in [1.29, 1.82) is 0 Å². The number of carboxylic acids is 1. The number of methoxy groups -OCH3 is 1. The van der Waals surface area contributed by atoms with Crippen molar-refractivity contribution in [3.63, 3.8) is 0 Å². The highest BCUT2D eigenvalue weighted by Crippen LogP contribution is 2.20. The first-order valence-corrected chi connectivity index (χ1v) is 7.63. The molecule has 6 nitrogen and oxygen atoms in total. The van der Waals surface area contributed by atoms with E-state index < -0.39 is 5.97 Å². The summed E-state index contributed by atoms with van der Waals surface area (Å²) in [5.74, 6) is -0.203. The molecule has 0 unspecified atom stereocenters. The Balaban J connectivity index is 2.23. The van der Waals surface area contributed by atoms with Crippen LogP contribution in [0.3, 0.4) is 0 Å². The molecule has 0 aliphatic heterocycles. The third-order valence-electron chi connectivity index (χ3n) is 3.44. The second-order valence-electron chi connectivity index (χ2n) is 5.24. The molecule has 0 aromatic heterocycles. The number of carboxylic acid groups (broad SMARTS) is 1. The molecule has 3 N–H and O–H groups in total. The molecule has 0 bridgehead atoms. The highest BCUT2D eigenvalue weighted by Gasteiger charge is 2.12. The number of aliphatic carboxylic acids is 1. The summed E-state index contributed by atoms with van der Waals surface area (Å²) in [6.07, 6.45) is 1.60. The van der Waals surface area contributed by atoms with Crippen molar-refractivity contribution in [3.05, 3.63) is 60.2 Å². The number of hydrogen-bond donors (Lipinski definition) is 3. The normalized spacial score (nSPS) is 12.3. The van der Waals surface area contributed by atoms with Crippen LogP contribution in [0.1, 0.15) is 18.5 Å². The third-order valence-corrected chi connectivity index (χ3v) is 3.44. The molecule has 0 heterocycles. The van der Waals surface area contributed by atoms with Gasteiger partial charge in [0.25, 0.3) is 6.34 Å². The van der Waals surface area contributed by atoms with E-state index in [0.717, 1.165) is 17.0 Å². The number of nitrogens with zero attached hydrogens (tertiary/aromatic N) is 1. The molecule has 2 aromatic rings. The molecule has 0 saturated carbocycles. The number of hydrazine groups is 1. The first-order chi connectivity index (χ1) is 11.6. The smallest absolute Gasteiger partial charge is 0.345 e. The molecule has 2 aromatic carbocycles. The fraction of sp³-hybridized carbons (Fsp3) is 0.222. The Morgan fingerprint density at radius 3 is 2.67 bits per heavy atom. The van der Waals surface area contributed by atoms with Gasteiger partial charge in [-0.25, -0.2) is 10.2 Å². The largest absolute Gasteiger partial charge is 0.497 e. The number of hydrazone groups is 1. The van der Waals surface area contributed by atoms with E-state index in [1.807, 2.05) is 61.5 Å². The Bertz CT molecular complexity index is 702. The van der Waals surface area contributed by atoms with Gasteiger partial charge in [0.05, 0.1) is 13.2 Å². The minimum Gasteiger partial charge on any atom is -0.497 e. The van der Waals surface area contributed by atoms with Crippen LogP contribution in [-0.2, 0) is 4.79 Å². The first kappa shape index (κ1) is 17.3. The van der Waals surface area contributed by atoms with Crippen LogP contribution in [0, 0.1) is 0 Å². The van der Waals surface area contributed by atoms with Crippen molar-refractivity contribution in [2.24, 2.45) is 0 Å². The molecule has 0 aliphatic rings. The summed E-state index contributed by atoms with van der Waals surface area (Å²) < 4.78 is 7.01.